The number of hydrogen-bond acceptors (Lipinski definition) is 4. The fraction of sp³-hybridized carbons (Fsp3) is 0.478. The van der Waals surface area contributed by atoms with E-state index in [0.717, 1.165) is 32.2 Å². The molecule has 29 heavy (non-hydrogen) atoms. The van der Waals surface area contributed by atoms with E-state index in [-0.39, 0.29) is 29.8 Å². The molecule has 2 aromatic rings. The fourth-order valence-electron chi connectivity index (χ4n) is 4.44. The molecule has 0 bridgehead atoms. The molecular weight excluding hydrogens is 369 g/mol. The highest BCUT2D eigenvalue weighted by molar-refractivity contribution is 5.95. The molecule has 154 valence electrons. The lowest BCUT2D eigenvalue weighted by Crippen LogP contribution is -2.49. The van der Waals surface area contributed by atoms with Crippen LogP contribution in [0.4, 0.5) is 10.2 Å². The lowest BCUT2D eigenvalue weighted by atomic mass is 9.90. The van der Waals surface area contributed by atoms with Crippen LogP contribution in [0.25, 0.3) is 11.1 Å². The number of hydrogen-bond donors (Lipinski definition) is 2. The average molecular weight is 397 g/mol. The number of piperidine rings is 1. The van der Waals surface area contributed by atoms with Crippen LogP contribution in [-0.2, 0) is 4.79 Å². The molecular formula is C23H28FN3O2. The molecule has 0 radical (unpaired) electrons. The molecule has 2 N–H and O–H groups in total. The van der Waals surface area contributed by atoms with E-state index in [4.69, 9.17) is 0 Å². The van der Waals surface area contributed by atoms with Gasteiger partial charge in [-0.05, 0) is 63.3 Å². The van der Waals surface area contributed by atoms with E-state index in [9.17, 15) is 14.3 Å². The number of nitrogens with zero attached hydrogens (tertiary/aromatic N) is 2. The normalized spacial score (nSPS) is 24.8. The van der Waals surface area contributed by atoms with Crippen LogP contribution in [0, 0.1) is 11.7 Å². The van der Waals surface area contributed by atoms with Crippen molar-refractivity contribution >= 4 is 11.7 Å². The highest BCUT2D eigenvalue weighted by atomic mass is 19.1. The summed E-state index contributed by atoms with van der Waals surface area (Å²) in [5.74, 6) is 0.375. The Labute approximate surface area is 171 Å². The van der Waals surface area contributed by atoms with Gasteiger partial charge < -0.3 is 10.4 Å². The van der Waals surface area contributed by atoms with Gasteiger partial charge in [-0.25, -0.2) is 9.37 Å². The smallest absolute Gasteiger partial charge is 0.232 e. The first kappa shape index (κ1) is 20.0. The van der Waals surface area contributed by atoms with Crippen LogP contribution in [-0.4, -0.2) is 41.2 Å². The molecule has 2 heterocycles. The van der Waals surface area contributed by atoms with Gasteiger partial charge in [0.15, 0.2) is 0 Å². The second-order valence-electron chi connectivity index (χ2n) is 8.10. The van der Waals surface area contributed by atoms with Gasteiger partial charge in [0.2, 0.25) is 5.91 Å². The lowest BCUT2D eigenvalue weighted by Gasteiger charge is -2.37. The van der Waals surface area contributed by atoms with Crippen molar-refractivity contribution in [2.75, 3.05) is 18.0 Å². The second-order valence-corrected chi connectivity index (χ2v) is 8.10. The molecule has 1 amide bonds. The number of pyridine rings is 1. The summed E-state index contributed by atoms with van der Waals surface area (Å²) in [5, 5.41) is 13.2. The summed E-state index contributed by atoms with van der Waals surface area (Å²) in [4.78, 5) is 19.8. The van der Waals surface area contributed by atoms with Crippen LogP contribution in [0.2, 0.25) is 0 Å². The molecule has 5 nitrogen and oxygen atoms in total. The van der Waals surface area contributed by atoms with Crippen LogP contribution < -0.4 is 10.2 Å². The summed E-state index contributed by atoms with van der Waals surface area (Å²) in [6.07, 6.45) is 6.17. The van der Waals surface area contributed by atoms with Gasteiger partial charge in [0.1, 0.15) is 11.6 Å². The number of anilines is 1. The number of benzene rings is 1. The van der Waals surface area contributed by atoms with Crippen LogP contribution in [0.1, 0.15) is 38.5 Å². The molecule has 1 aliphatic carbocycles. The standard InChI is InChI=1S/C23H28FN3O2/c24-21-6-2-1-5-20(21)16-7-12-22(26-15-16)27(18-8-10-19(28)11-9-18)23(29)17-4-3-13-25-14-17/h1-2,5-7,12,15,17-19,25,28H,3-4,8-11,13-14H2/t17-,18?,19?/m0/s1. The summed E-state index contributed by atoms with van der Waals surface area (Å²) in [7, 11) is 0. The predicted molar refractivity (Wildman–Crippen MR) is 111 cm³/mol. The quantitative estimate of drug-likeness (QED) is 0.829. The predicted octanol–water partition coefficient (Wildman–Crippen LogP) is 3.52. The maximum absolute atomic E-state index is 14.1. The zero-order valence-corrected chi connectivity index (χ0v) is 16.6. The third kappa shape index (κ3) is 4.49. The number of aliphatic hydroxyl groups is 1. The average Bonchev–Trinajstić information content (AvgIpc) is 2.77. The van der Waals surface area contributed by atoms with Crippen molar-refractivity contribution in [2.45, 2.75) is 50.7 Å². The molecule has 0 unspecified atom stereocenters. The van der Waals surface area contributed by atoms with E-state index < -0.39 is 0 Å². The van der Waals surface area contributed by atoms with Gasteiger partial charge in [0, 0.05) is 29.9 Å². The van der Waals surface area contributed by atoms with Crippen molar-refractivity contribution in [1.82, 2.24) is 10.3 Å². The molecule has 2 fully saturated rings. The molecule has 1 aromatic carbocycles. The number of amides is 1. The van der Waals surface area contributed by atoms with Gasteiger partial charge in [-0.15, -0.1) is 0 Å². The number of carbonyl (C=O) groups excluding carboxylic acids is 1. The van der Waals surface area contributed by atoms with Gasteiger partial charge in [-0.1, -0.05) is 18.2 Å². The first-order valence-electron chi connectivity index (χ1n) is 10.6. The van der Waals surface area contributed by atoms with E-state index in [1.807, 2.05) is 17.0 Å². The molecule has 1 atom stereocenters. The zero-order valence-electron chi connectivity index (χ0n) is 16.6. The topological polar surface area (TPSA) is 65.5 Å². The molecule has 1 saturated heterocycles. The maximum atomic E-state index is 14.1. The van der Waals surface area contributed by atoms with E-state index in [0.29, 0.717) is 36.3 Å². The zero-order chi connectivity index (χ0) is 20.2. The summed E-state index contributed by atoms with van der Waals surface area (Å²) in [5.41, 5.74) is 1.19. The Hall–Kier alpha value is -2.31. The largest absolute Gasteiger partial charge is 0.393 e. The summed E-state index contributed by atoms with van der Waals surface area (Å²) < 4.78 is 14.1. The molecule has 0 spiro atoms. The highest BCUT2D eigenvalue weighted by Crippen LogP contribution is 2.31. The number of aromatic nitrogens is 1. The fourth-order valence-corrected chi connectivity index (χ4v) is 4.44. The molecule has 4 rings (SSSR count). The minimum absolute atomic E-state index is 0.0413. The maximum Gasteiger partial charge on any atom is 0.232 e. The Morgan fingerprint density at radius 2 is 1.90 bits per heavy atom. The minimum atomic E-state index is -0.287. The lowest BCUT2D eigenvalue weighted by molar-refractivity contribution is -0.123. The van der Waals surface area contributed by atoms with Crippen LogP contribution in [0.15, 0.2) is 42.6 Å². The number of carbonyl (C=O) groups is 1. The van der Waals surface area contributed by atoms with Gasteiger partial charge in [0.25, 0.3) is 0 Å². The summed E-state index contributed by atoms with van der Waals surface area (Å²) in [6.45, 7) is 1.65. The summed E-state index contributed by atoms with van der Waals surface area (Å²) in [6, 6.07) is 10.3. The highest BCUT2D eigenvalue weighted by Gasteiger charge is 2.34. The van der Waals surface area contributed by atoms with Gasteiger partial charge in [0.05, 0.1) is 12.0 Å². The molecule has 1 aliphatic heterocycles. The van der Waals surface area contributed by atoms with Crippen LogP contribution >= 0.6 is 0 Å². The van der Waals surface area contributed by atoms with E-state index in [1.165, 1.54) is 6.07 Å². The van der Waals surface area contributed by atoms with Crippen molar-refractivity contribution in [1.29, 1.82) is 0 Å². The third-order valence-corrected chi connectivity index (χ3v) is 6.09. The van der Waals surface area contributed by atoms with Crippen molar-refractivity contribution in [2.24, 2.45) is 5.92 Å². The van der Waals surface area contributed by atoms with E-state index in [1.54, 1.807) is 24.4 Å². The number of nitrogens with one attached hydrogen (secondary N) is 1. The van der Waals surface area contributed by atoms with Crippen molar-refractivity contribution in [3.63, 3.8) is 0 Å². The van der Waals surface area contributed by atoms with Crippen molar-refractivity contribution in [3.8, 4) is 11.1 Å². The van der Waals surface area contributed by atoms with Crippen molar-refractivity contribution < 1.29 is 14.3 Å². The second kappa shape index (κ2) is 9.01. The number of aliphatic hydroxyl groups excluding tert-OH is 1. The first-order valence-corrected chi connectivity index (χ1v) is 10.6. The molecule has 2 aliphatic rings. The van der Waals surface area contributed by atoms with Crippen molar-refractivity contribution in [3.05, 3.63) is 48.4 Å². The Kier molecular flexibility index (Phi) is 6.21. The van der Waals surface area contributed by atoms with Gasteiger partial charge >= 0.3 is 0 Å². The third-order valence-electron chi connectivity index (χ3n) is 6.09. The van der Waals surface area contributed by atoms with Gasteiger partial charge in [-0.3, -0.25) is 9.69 Å². The van der Waals surface area contributed by atoms with Gasteiger partial charge in [-0.2, -0.15) is 0 Å². The van der Waals surface area contributed by atoms with Crippen LogP contribution in [0.5, 0.6) is 0 Å². The molecule has 1 saturated carbocycles. The Morgan fingerprint density at radius 3 is 2.55 bits per heavy atom. The summed E-state index contributed by atoms with van der Waals surface area (Å²) >= 11 is 0. The minimum Gasteiger partial charge on any atom is -0.393 e. The monoisotopic (exact) mass is 397 g/mol. The van der Waals surface area contributed by atoms with E-state index >= 15 is 0 Å². The number of halogens is 1. The first-order chi connectivity index (χ1) is 14.1. The Balaban J connectivity index is 1.61. The number of rotatable bonds is 4. The Morgan fingerprint density at radius 1 is 1.10 bits per heavy atom. The molecule has 1 aromatic heterocycles. The SMILES string of the molecule is O=C([C@H]1CCCNC1)N(c1ccc(-c2ccccc2F)cn1)C1CCC(O)CC1. The van der Waals surface area contributed by atoms with Crippen LogP contribution in [0.3, 0.4) is 0 Å². The molecule has 6 heteroatoms. The Bertz CT molecular complexity index is 828. The van der Waals surface area contributed by atoms with E-state index in [2.05, 4.69) is 10.3 Å².